The maximum absolute atomic E-state index is 11.0. The van der Waals surface area contributed by atoms with E-state index in [1.54, 1.807) is 6.92 Å². The number of carbonyl (C=O) groups is 1. The van der Waals surface area contributed by atoms with E-state index in [9.17, 15) is 15.0 Å². The highest BCUT2D eigenvalue weighted by atomic mass is 16.3. The van der Waals surface area contributed by atoms with Crippen molar-refractivity contribution in [3.63, 3.8) is 0 Å². The molecule has 1 fully saturated rings. The van der Waals surface area contributed by atoms with Crippen LogP contribution < -0.4 is 0 Å². The standard InChI is InChI=1S/C22H36O3/c1-3-4-5-10-19(24)11-12-20-21-14-17(9-7-6-8-16(2)23)13-18(21)15-22(20)25/h11-13,18-22,24-25H,3-10,14-15H2,1-2H3/b12-11+/t18-,19+,20+,21-,22+/m1/s1. The van der Waals surface area contributed by atoms with Crippen molar-refractivity contribution in [3.05, 3.63) is 23.8 Å². The fourth-order valence-corrected chi connectivity index (χ4v) is 4.47. The zero-order valence-corrected chi connectivity index (χ0v) is 16.0. The van der Waals surface area contributed by atoms with Gasteiger partial charge in [-0.05, 0) is 57.3 Å². The molecule has 0 aromatic heterocycles. The average Bonchev–Trinajstić information content (AvgIpc) is 3.06. The SMILES string of the molecule is CCCCC[C@H](O)/C=C/[C@H]1[C@@H]2CC(CCCCC(C)=O)=C[C@@H]2C[C@@H]1O. The van der Waals surface area contributed by atoms with Gasteiger partial charge in [0.25, 0.3) is 0 Å². The third-order valence-corrected chi connectivity index (χ3v) is 5.89. The fraction of sp³-hybridized carbons (Fsp3) is 0.773. The molecule has 0 aromatic rings. The highest BCUT2D eigenvalue weighted by Gasteiger charge is 2.43. The number of allylic oxidation sites excluding steroid dienone is 2. The first-order valence-corrected chi connectivity index (χ1v) is 10.2. The van der Waals surface area contributed by atoms with Gasteiger partial charge in [-0.2, -0.15) is 0 Å². The summed E-state index contributed by atoms with van der Waals surface area (Å²) < 4.78 is 0. The lowest BCUT2D eigenvalue weighted by molar-refractivity contribution is -0.117. The van der Waals surface area contributed by atoms with Gasteiger partial charge >= 0.3 is 0 Å². The van der Waals surface area contributed by atoms with E-state index in [1.165, 1.54) is 18.4 Å². The Balaban J connectivity index is 1.78. The first-order valence-electron chi connectivity index (χ1n) is 10.2. The topological polar surface area (TPSA) is 57.5 Å². The second kappa shape index (κ2) is 10.3. The van der Waals surface area contributed by atoms with Gasteiger partial charge in [0.2, 0.25) is 0 Å². The molecular weight excluding hydrogens is 312 g/mol. The summed E-state index contributed by atoms with van der Waals surface area (Å²) in [7, 11) is 0. The van der Waals surface area contributed by atoms with E-state index < -0.39 is 0 Å². The molecule has 0 aliphatic heterocycles. The molecule has 0 amide bonds. The second-order valence-electron chi connectivity index (χ2n) is 8.09. The van der Waals surface area contributed by atoms with Crippen LogP contribution in [-0.2, 0) is 4.79 Å². The number of aliphatic hydroxyl groups excluding tert-OH is 2. The predicted octanol–water partition coefficient (Wildman–Crippen LogP) is 4.58. The minimum Gasteiger partial charge on any atom is -0.392 e. The molecule has 0 unspecified atom stereocenters. The molecule has 2 aliphatic rings. The summed E-state index contributed by atoms with van der Waals surface area (Å²) >= 11 is 0. The zero-order valence-electron chi connectivity index (χ0n) is 16.0. The molecule has 0 heterocycles. The minimum atomic E-state index is -0.377. The summed E-state index contributed by atoms with van der Waals surface area (Å²) in [5.41, 5.74) is 1.51. The number of hydrogen-bond donors (Lipinski definition) is 2. The monoisotopic (exact) mass is 348 g/mol. The molecule has 0 saturated heterocycles. The quantitative estimate of drug-likeness (QED) is 0.424. The zero-order chi connectivity index (χ0) is 18.2. The van der Waals surface area contributed by atoms with Crippen molar-refractivity contribution in [3.8, 4) is 0 Å². The normalized spacial score (nSPS) is 29.8. The van der Waals surface area contributed by atoms with Crippen LogP contribution in [0.3, 0.4) is 0 Å². The number of ketones is 1. The number of rotatable bonds is 11. The molecule has 5 atom stereocenters. The van der Waals surface area contributed by atoms with Crippen LogP contribution in [0, 0.1) is 17.8 Å². The van der Waals surface area contributed by atoms with E-state index >= 15 is 0 Å². The molecule has 142 valence electrons. The Morgan fingerprint density at radius 2 is 2.12 bits per heavy atom. The molecule has 0 spiro atoms. The third kappa shape index (κ3) is 6.38. The van der Waals surface area contributed by atoms with Crippen molar-refractivity contribution < 1.29 is 15.0 Å². The van der Waals surface area contributed by atoms with Crippen molar-refractivity contribution >= 4 is 5.78 Å². The van der Waals surface area contributed by atoms with Crippen molar-refractivity contribution in [2.24, 2.45) is 17.8 Å². The number of hydrogen-bond acceptors (Lipinski definition) is 3. The van der Waals surface area contributed by atoms with Gasteiger partial charge in [-0.15, -0.1) is 0 Å². The van der Waals surface area contributed by atoms with Gasteiger partial charge in [0.15, 0.2) is 0 Å². The molecule has 2 N–H and O–H groups in total. The number of fused-ring (bicyclic) bond motifs is 1. The van der Waals surface area contributed by atoms with Gasteiger partial charge in [-0.3, -0.25) is 0 Å². The number of Topliss-reactive ketones (excluding diaryl/α,β-unsaturated/α-hetero) is 1. The van der Waals surface area contributed by atoms with E-state index in [1.807, 2.05) is 6.08 Å². The molecule has 0 radical (unpaired) electrons. The van der Waals surface area contributed by atoms with E-state index in [0.29, 0.717) is 18.3 Å². The lowest BCUT2D eigenvalue weighted by Crippen LogP contribution is -2.18. The molecule has 0 aromatic carbocycles. The second-order valence-corrected chi connectivity index (χ2v) is 8.09. The van der Waals surface area contributed by atoms with Crippen LogP contribution in [0.25, 0.3) is 0 Å². The van der Waals surface area contributed by atoms with Gasteiger partial charge in [-0.25, -0.2) is 0 Å². The minimum absolute atomic E-state index is 0.178. The number of aliphatic hydroxyl groups is 2. The van der Waals surface area contributed by atoms with Gasteiger partial charge in [-0.1, -0.05) is 50.0 Å². The third-order valence-electron chi connectivity index (χ3n) is 5.89. The van der Waals surface area contributed by atoms with Crippen molar-refractivity contribution in [1.82, 2.24) is 0 Å². The first kappa shape index (κ1) is 20.4. The lowest BCUT2D eigenvalue weighted by Gasteiger charge is -2.19. The van der Waals surface area contributed by atoms with E-state index in [4.69, 9.17) is 0 Å². The Labute approximate surface area is 153 Å². The molecule has 3 heteroatoms. The first-order chi connectivity index (χ1) is 12.0. The Morgan fingerprint density at radius 3 is 2.84 bits per heavy atom. The summed E-state index contributed by atoms with van der Waals surface area (Å²) in [6.45, 7) is 3.83. The molecule has 3 nitrogen and oxygen atoms in total. The smallest absolute Gasteiger partial charge is 0.129 e. The molecular formula is C22H36O3. The summed E-state index contributed by atoms with van der Waals surface area (Å²) in [6.07, 6.45) is 15.7. The summed E-state index contributed by atoms with van der Waals surface area (Å²) in [6, 6.07) is 0. The molecule has 1 saturated carbocycles. The van der Waals surface area contributed by atoms with E-state index in [0.717, 1.165) is 44.9 Å². The number of carbonyl (C=O) groups excluding carboxylic acids is 1. The van der Waals surface area contributed by atoms with Crippen molar-refractivity contribution in [2.75, 3.05) is 0 Å². The van der Waals surface area contributed by atoms with Gasteiger partial charge in [0.05, 0.1) is 12.2 Å². The van der Waals surface area contributed by atoms with Gasteiger partial charge in [0, 0.05) is 12.3 Å². The van der Waals surface area contributed by atoms with Crippen molar-refractivity contribution in [1.29, 1.82) is 0 Å². The molecule has 0 bridgehead atoms. The van der Waals surface area contributed by atoms with Gasteiger partial charge < -0.3 is 15.0 Å². The highest BCUT2D eigenvalue weighted by Crippen LogP contribution is 2.48. The average molecular weight is 349 g/mol. The van der Waals surface area contributed by atoms with Crippen LogP contribution in [0.4, 0.5) is 0 Å². The Hall–Kier alpha value is -0.930. The predicted molar refractivity (Wildman–Crippen MR) is 102 cm³/mol. The van der Waals surface area contributed by atoms with Gasteiger partial charge in [0.1, 0.15) is 5.78 Å². The van der Waals surface area contributed by atoms with Crippen molar-refractivity contribution in [2.45, 2.75) is 90.3 Å². The lowest BCUT2D eigenvalue weighted by atomic mass is 9.88. The van der Waals surface area contributed by atoms with Crippen LogP contribution >= 0.6 is 0 Å². The summed E-state index contributed by atoms with van der Waals surface area (Å²) in [5.74, 6) is 1.45. The van der Waals surface area contributed by atoms with Crippen LogP contribution in [0.15, 0.2) is 23.8 Å². The maximum atomic E-state index is 11.0. The maximum Gasteiger partial charge on any atom is 0.129 e. The van der Waals surface area contributed by atoms with Crippen LogP contribution in [-0.4, -0.2) is 28.2 Å². The number of unbranched alkanes of at least 4 members (excludes halogenated alkanes) is 3. The molecule has 2 aliphatic carbocycles. The van der Waals surface area contributed by atoms with Crippen LogP contribution in [0.5, 0.6) is 0 Å². The Morgan fingerprint density at radius 1 is 1.32 bits per heavy atom. The van der Waals surface area contributed by atoms with E-state index in [-0.39, 0.29) is 23.9 Å². The highest BCUT2D eigenvalue weighted by molar-refractivity contribution is 5.75. The Bertz CT molecular complexity index is 480. The Kier molecular flexibility index (Phi) is 8.38. The summed E-state index contributed by atoms with van der Waals surface area (Å²) in [4.78, 5) is 11.0. The fourth-order valence-electron chi connectivity index (χ4n) is 4.47. The molecule has 2 rings (SSSR count). The molecule has 25 heavy (non-hydrogen) atoms. The van der Waals surface area contributed by atoms with E-state index in [2.05, 4.69) is 19.1 Å². The largest absolute Gasteiger partial charge is 0.392 e. The van der Waals surface area contributed by atoms with Crippen LogP contribution in [0.1, 0.15) is 78.1 Å². The summed E-state index contributed by atoms with van der Waals surface area (Å²) in [5, 5.41) is 20.5. The van der Waals surface area contributed by atoms with Crippen LogP contribution in [0.2, 0.25) is 0 Å².